The van der Waals surface area contributed by atoms with Crippen molar-refractivity contribution in [1.82, 2.24) is 9.80 Å². The van der Waals surface area contributed by atoms with E-state index in [9.17, 15) is 9.59 Å². The van der Waals surface area contributed by atoms with Gasteiger partial charge in [0.2, 0.25) is 0 Å². The van der Waals surface area contributed by atoms with E-state index in [1.165, 1.54) is 0 Å². The minimum absolute atomic E-state index is 0.259. The van der Waals surface area contributed by atoms with Crippen LogP contribution in [0.3, 0.4) is 0 Å². The molecule has 2 amide bonds. The molecule has 0 N–H and O–H groups in total. The second kappa shape index (κ2) is 12.1. The van der Waals surface area contributed by atoms with Crippen LogP contribution in [0.5, 0.6) is 0 Å². The fourth-order valence-corrected chi connectivity index (χ4v) is 1.99. The third kappa shape index (κ3) is 8.10. The minimum Gasteiger partial charge on any atom is -0.449 e. The molecule has 0 aliphatic carbocycles. The van der Waals surface area contributed by atoms with E-state index < -0.39 is 0 Å². The third-order valence-electron chi connectivity index (χ3n) is 3.72. The zero-order chi connectivity index (χ0) is 17.0. The average molecular weight is 316 g/mol. The topological polar surface area (TPSA) is 59.1 Å². The molecule has 0 heterocycles. The smallest absolute Gasteiger partial charge is 0.409 e. The van der Waals surface area contributed by atoms with E-state index in [1.54, 1.807) is 9.80 Å². The summed E-state index contributed by atoms with van der Waals surface area (Å²) in [6.45, 7) is 13.2. The number of hydrogen-bond donors (Lipinski definition) is 0. The van der Waals surface area contributed by atoms with Crippen molar-refractivity contribution in [3.63, 3.8) is 0 Å². The third-order valence-corrected chi connectivity index (χ3v) is 3.72. The van der Waals surface area contributed by atoms with Gasteiger partial charge in [-0.25, -0.2) is 9.59 Å². The molecule has 22 heavy (non-hydrogen) atoms. The number of hydrogen-bond acceptors (Lipinski definition) is 4. The van der Waals surface area contributed by atoms with Crippen LogP contribution in [0.1, 0.15) is 47.5 Å². The molecule has 0 aromatic carbocycles. The lowest BCUT2D eigenvalue weighted by molar-refractivity contribution is 0.0915. The first kappa shape index (κ1) is 20.5. The molecular formula is C16H32N2O4. The van der Waals surface area contributed by atoms with Crippen LogP contribution in [0.2, 0.25) is 0 Å². The summed E-state index contributed by atoms with van der Waals surface area (Å²) >= 11 is 0. The summed E-state index contributed by atoms with van der Waals surface area (Å²) in [5, 5.41) is 0. The molecule has 0 saturated carbocycles. The van der Waals surface area contributed by atoms with E-state index in [4.69, 9.17) is 9.47 Å². The van der Waals surface area contributed by atoms with Crippen LogP contribution >= 0.6 is 0 Å². The van der Waals surface area contributed by atoms with Crippen molar-refractivity contribution in [1.29, 1.82) is 0 Å². The SMILES string of the molecule is CCN(CC)C(=O)OCCC(C)CCOC(=O)N(CC)CC. The van der Waals surface area contributed by atoms with E-state index in [1.807, 2.05) is 27.7 Å². The minimum atomic E-state index is -0.259. The second-order valence-electron chi connectivity index (χ2n) is 5.26. The Kier molecular flexibility index (Phi) is 11.3. The maximum absolute atomic E-state index is 11.7. The summed E-state index contributed by atoms with van der Waals surface area (Å²) in [4.78, 5) is 26.6. The highest BCUT2D eigenvalue weighted by atomic mass is 16.6. The molecule has 0 aliphatic rings. The van der Waals surface area contributed by atoms with Gasteiger partial charge in [0.1, 0.15) is 0 Å². The lowest BCUT2D eigenvalue weighted by Gasteiger charge is -2.20. The van der Waals surface area contributed by atoms with Crippen LogP contribution < -0.4 is 0 Å². The monoisotopic (exact) mass is 316 g/mol. The molecule has 0 fully saturated rings. The van der Waals surface area contributed by atoms with Crippen molar-refractivity contribution in [3.8, 4) is 0 Å². The van der Waals surface area contributed by atoms with E-state index in [0.29, 0.717) is 45.3 Å². The highest BCUT2D eigenvalue weighted by molar-refractivity contribution is 5.67. The van der Waals surface area contributed by atoms with Crippen molar-refractivity contribution in [2.75, 3.05) is 39.4 Å². The molecule has 0 aliphatic heterocycles. The van der Waals surface area contributed by atoms with E-state index in [0.717, 1.165) is 12.8 Å². The van der Waals surface area contributed by atoms with Gasteiger partial charge >= 0.3 is 12.2 Å². The summed E-state index contributed by atoms with van der Waals surface area (Å²) in [6, 6.07) is 0. The van der Waals surface area contributed by atoms with Crippen LogP contribution in [-0.2, 0) is 9.47 Å². The summed E-state index contributed by atoms with van der Waals surface area (Å²) in [5.74, 6) is 0.342. The molecule has 0 unspecified atom stereocenters. The first-order valence-corrected chi connectivity index (χ1v) is 8.33. The molecular weight excluding hydrogens is 284 g/mol. The van der Waals surface area contributed by atoms with Crippen molar-refractivity contribution >= 4 is 12.2 Å². The zero-order valence-electron chi connectivity index (χ0n) is 14.8. The van der Waals surface area contributed by atoms with Crippen LogP contribution in [0.25, 0.3) is 0 Å². The summed E-state index contributed by atoms with van der Waals surface area (Å²) in [5.41, 5.74) is 0. The van der Waals surface area contributed by atoms with Gasteiger partial charge in [0.25, 0.3) is 0 Å². The van der Waals surface area contributed by atoms with Crippen LogP contribution in [0.15, 0.2) is 0 Å². The maximum Gasteiger partial charge on any atom is 0.409 e. The van der Waals surface area contributed by atoms with Crippen molar-refractivity contribution in [3.05, 3.63) is 0 Å². The first-order chi connectivity index (χ1) is 10.5. The van der Waals surface area contributed by atoms with Gasteiger partial charge in [-0.15, -0.1) is 0 Å². The normalized spacial score (nSPS) is 10.5. The number of rotatable bonds is 10. The Morgan fingerprint density at radius 3 is 1.36 bits per heavy atom. The fourth-order valence-electron chi connectivity index (χ4n) is 1.99. The Labute approximate surface area is 134 Å². The van der Waals surface area contributed by atoms with Gasteiger partial charge in [-0.1, -0.05) is 6.92 Å². The molecule has 0 aromatic rings. The lowest BCUT2D eigenvalue weighted by Crippen LogP contribution is -2.32. The standard InChI is InChI=1S/C16H32N2O4/c1-6-17(7-2)15(19)21-12-10-14(5)11-13-22-16(20)18(8-3)9-4/h14H,6-13H2,1-5H3. The van der Waals surface area contributed by atoms with Crippen molar-refractivity contribution in [2.24, 2.45) is 5.92 Å². The highest BCUT2D eigenvalue weighted by Gasteiger charge is 2.13. The number of carbonyl (C=O) groups excluding carboxylic acids is 2. The quantitative estimate of drug-likeness (QED) is 0.620. The predicted octanol–water partition coefficient (Wildman–Crippen LogP) is 3.36. The van der Waals surface area contributed by atoms with Gasteiger partial charge in [-0.05, 0) is 46.5 Å². The molecule has 130 valence electrons. The number of nitrogens with zero attached hydrogens (tertiary/aromatic N) is 2. The predicted molar refractivity (Wildman–Crippen MR) is 86.9 cm³/mol. The van der Waals surface area contributed by atoms with E-state index >= 15 is 0 Å². The molecule has 0 rings (SSSR count). The zero-order valence-corrected chi connectivity index (χ0v) is 14.8. The molecule has 0 saturated heterocycles. The van der Waals surface area contributed by atoms with Crippen molar-refractivity contribution in [2.45, 2.75) is 47.5 Å². The Hall–Kier alpha value is -1.46. The molecule has 0 radical (unpaired) electrons. The molecule has 6 nitrogen and oxygen atoms in total. The molecule has 0 bridgehead atoms. The van der Waals surface area contributed by atoms with Crippen molar-refractivity contribution < 1.29 is 19.1 Å². The second-order valence-corrected chi connectivity index (χ2v) is 5.26. The molecule has 0 spiro atoms. The lowest BCUT2D eigenvalue weighted by atomic mass is 10.1. The molecule has 6 heteroatoms. The van der Waals surface area contributed by atoms with E-state index in [-0.39, 0.29) is 12.2 Å². The van der Waals surface area contributed by atoms with Gasteiger partial charge in [0, 0.05) is 26.2 Å². The van der Waals surface area contributed by atoms with Gasteiger partial charge in [-0.2, -0.15) is 0 Å². The summed E-state index contributed by atoms with van der Waals surface area (Å²) in [6.07, 6.45) is 1.03. The Balaban J connectivity index is 3.80. The molecule has 0 atom stereocenters. The number of amides is 2. The Morgan fingerprint density at radius 1 is 0.773 bits per heavy atom. The van der Waals surface area contributed by atoms with Crippen LogP contribution in [0.4, 0.5) is 9.59 Å². The van der Waals surface area contributed by atoms with Gasteiger partial charge in [0.05, 0.1) is 13.2 Å². The average Bonchev–Trinajstić information content (AvgIpc) is 2.49. The fraction of sp³-hybridized carbons (Fsp3) is 0.875. The van der Waals surface area contributed by atoms with Crippen LogP contribution in [-0.4, -0.2) is 61.4 Å². The molecule has 0 aromatic heterocycles. The van der Waals surface area contributed by atoms with Gasteiger partial charge < -0.3 is 19.3 Å². The highest BCUT2D eigenvalue weighted by Crippen LogP contribution is 2.09. The van der Waals surface area contributed by atoms with Gasteiger partial charge in [0.15, 0.2) is 0 Å². The van der Waals surface area contributed by atoms with E-state index in [2.05, 4.69) is 6.92 Å². The number of ether oxygens (including phenoxy) is 2. The summed E-state index contributed by atoms with van der Waals surface area (Å²) in [7, 11) is 0. The first-order valence-electron chi connectivity index (χ1n) is 8.33. The van der Waals surface area contributed by atoms with Crippen LogP contribution in [0, 0.1) is 5.92 Å². The van der Waals surface area contributed by atoms with Gasteiger partial charge in [-0.3, -0.25) is 0 Å². The number of carbonyl (C=O) groups is 2. The summed E-state index contributed by atoms with van der Waals surface area (Å²) < 4.78 is 10.5. The Bertz CT molecular complexity index is 285. The Morgan fingerprint density at radius 2 is 1.09 bits per heavy atom. The largest absolute Gasteiger partial charge is 0.449 e. The maximum atomic E-state index is 11.7.